The molecule has 158 valence electrons. The SMILES string of the molecule is Cc1cc(N2CCC(O)CC2)cc(F)c1NC(=O)CC(C)(C)C.c1ccccc1. The van der Waals surface area contributed by atoms with Crippen LogP contribution in [0.3, 0.4) is 0 Å². The van der Waals surface area contributed by atoms with Crippen LogP contribution in [-0.2, 0) is 4.79 Å². The predicted octanol–water partition coefficient (Wildman–Crippen LogP) is 5.16. The molecule has 0 aliphatic carbocycles. The number of piperidine rings is 1. The van der Waals surface area contributed by atoms with E-state index >= 15 is 0 Å². The third-order valence-electron chi connectivity index (χ3n) is 4.72. The summed E-state index contributed by atoms with van der Waals surface area (Å²) in [5.41, 5.74) is 1.65. The smallest absolute Gasteiger partial charge is 0.224 e. The highest BCUT2D eigenvalue weighted by molar-refractivity contribution is 5.92. The molecule has 0 bridgehead atoms. The van der Waals surface area contributed by atoms with Crippen molar-refractivity contribution in [2.45, 2.75) is 53.1 Å². The number of rotatable bonds is 3. The van der Waals surface area contributed by atoms with Gasteiger partial charge in [-0.1, -0.05) is 57.2 Å². The maximum Gasteiger partial charge on any atom is 0.224 e. The first kappa shape index (κ1) is 22.9. The quantitative estimate of drug-likeness (QED) is 0.749. The van der Waals surface area contributed by atoms with Crippen LogP contribution < -0.4 is 10.2 Å². The van der Waals surface area contributed by atoms with Crippen molar-refractivity contribution in [3.8, 4) is 0 Å². The number of aliphatic hydroxyl groups excluding tert-OH is 1. The molecule has 1 aliphatic heterocycles. The van der Waals surface area contributed by atoms with Gasteiger partial charge in [-0.15, -0.1) is 0 Å². The summed E-state index contributed by atoms with van der Waals surface area (Å²) in [7, 11) is 0. The highest BCUT2D eigenvalue weighted by Gasteiger charge is 2.21. The molecule has 0 unspecified atom stereocenters. The maximum absolute atomic E-state index is 14.4. The van der Waals surface area contributed by atoms with Crippen LogP contribution in [0.15, 0.2) is 48.5 Å². The standard InChI is InChI=1S/C18H27FN2O2.C6H6/c1-12-9-13(21-7-5-14(22)6-8-21)10-15(19)17(12)20-16(23)11-18(2,3)4;1-2-4-6-5-3-1/h9-10,14,22H,5-8,11H2,1-4H3,(H,20,23);1-6H. The summed E-state index contributed by atoms with van der Waals surface area (Å²) in [6.07, 6.45) is 1.49. The molecule has 1 aliphatic rings. The van der Waals surface area contributed by atoms with Crippen LogP contribution in [0, 0.1) is 18.2 Å². The second-order valence-electron chi connectivity index (χ2n) is 8.78. The fraction of sp³-hybridized carbons (Fsp3) is 0.458. The summed E-state index contributed by atoms with van der Waals surface area (Å²) in [5.74, 6) is -0.582. The number of aliphatic hydroxyl groups is 1. The minimum absolute atomic E-state index is 0.136. The van der Waals surface area contributed by atoms with Gasteiger partial charge in [-0.2, -0.15) is 0 Å². The highest BCUT2D eigenvalue weighted by atomic mass is 19.1. The molecular weight excluding hydrogens is 367 g/mol. The van der Waals surface area contributed by atoms with E-state index in [0.717, 1.165) is 18.8 Å². The number of hydrogen-bond donors (Lipinski definition) is 2. The number of carbonyl (C=O) groups excluding carboxylic acids is 1. The van der Waals surface area contributed by atoms with Gasteiger partial charge in [0.15, 0.2) is 0 Å². The number of halogens is 1. The second kappa shape index (κ2) is 10.4. The Bertz CT molecular complexity index is 729. The number of amides is 1. The molecule has 4 nitrogen and oxygen atoms in total. The summed E-state index contributed by atoms with van der Waals surface area (Å²) in [6.45, 7) is 9.17. The average molecular weight is 401 g/mol. The van der Waals surface area contributed by atoms with E-state index in [0.29, 0.717) is 24.8 Å². The minimum Gasteiger partial charge on any atom is -0.393 e. The molecule has 0 saturated carbocycles. The summed E-state index contributed by atoms with van der Waals surface area (Å²) >= 11 is 0. The number of hydrogen-bond acceptors (Lipinski definition) is 3. The Balaban J connectivity index is 0.000000426. The van der Waals surface area contributed by atoms with Gasteiger partial charge in [0, 0.05) is 25.2 Å². The number of benzene rings is 2. The van der Waals surface area contributed by atoms with E-state index in [1.165, 1.54) is 6.07 Å². The van der Waals surface area contributed by atoms with E-state index in [-0.39, 0.29) is 23.1 Å². The van der Waals surface area contributed by atoms with Crippen LogP contribution in [-0.4, -0.2) is 30.2 Å². The first-order valence-electron chi connectivity index (χ1n) is 10.2. The van der Waals surface area contributed by atoms with Crippen LogP contribution in [0.5, 0.6) is 0 Å². The topological polar surface area (TPSA) is 52.6 Å². The molecule has 1 heterocycles. The molecule has 2 N–H and O–H groups in total. The third kappa shape index (κ3) is 7.86. The van der Waals surface area contributed by atoms with E-state index in [9.17, 15) is 14.3 Å². The molecular formula is C24H33FN2O2. The zero-order chi connectivity index (χ0) is 21.4. The second-order valence-corrected chi connectivity index (χ2v) is 8.78. The Morgan fingerprint density at radius 3 is 2.07 bits per heavy atom. The molecule has 2 aromatic rings. The van der Waals surface area contributed by atoms with Crippen molar-refractivity contribution in [3.05, 3.63) is 59.9 Å². The lowest BCUT2D eigenvalue weighted by molar-refractivity contribution is -0.117. The molecule has 0 radical (unpaired) electrons. The van der Waals surface area contributed by atoms with E-state index in [1.807, 2.05) is 63.2 Å². The van der Waals surface area contributed by atoms with Crippen molar-refractivity contribution in [1.29, 1.82) is 0 Å². The highest BCUT2D eigenvalue weighted by Crippen LogP contribution is 2.29. The van der Waals surface area contributed by atoms with Gasteiger partial charge in [-0.3, -0.25) is 4.79 Å². The average Bonchev–Trinajstić information content (AvgIpc) is 2.66. The normalized spacial score (nSPS) is 14.8. The minimum atomic E-state index is -0.409. The van der Waals surface area contributed by atoms with Crippen LogP contribution >= 0.6 is 0 Å². The Hall–Kier alpha value is -2.40. The predicted molar refractivity (Wildman–Crippen MR) is 118 cm³/mol. The third-order valence-corrected chi connectivity index (χ3v) is 4.72. The summed E-state index contributed by atoms with van der Waals surface area (Å²) < 4.78 is 14.4. The fourth-order valence-electron chi connectivity index (χ4n) is 3.24. The Morgan fingerprint density at radius 2 is 1.62 bits per heavy atom. The largest absolute Gasteiger partial charge is 0.393 e. The van der Waals surface area contributed by atoms with Crippen molar-refractivity contribution in [2.75, 3.05) is 23.3 Å². The Morgan fingerprint density at radius 1 is 1.10 bits per heavy atom. The monoisotopic (exact) mass is 400 g/mol. The van der Waals surface area contributed by atoms with E-state index < -0.39 is 5.82 Å². The molecule has 5 heteroatoms. The number of nitrogens with one attached hydrogen (secondary N) is 1. The van der Waals surface area contributed by atoms with E-state index in [4.69, 9.17) is 0 Å². The number of carbonyl (C=O) groups is 1. The lowest BCUT2D eigenvalue weighted by Gasteiger charge is -2.32. The van der Waals surface area contributed by atoms with Crippen molar-refractivity contribution >= 4 is 17.3 Å². The van der Waals surface area contributed by atoms with Gasteiger partial charge in [0.05, 0.1) is 11.8 Å². The zero-order valence-corrected chi connectivity index (χ0v) is 17.9. The van der Waals surface area contributed by atoms with Gasteiger partial charge < -0.3 is 15.3 Å². The summed E-state index contributed by atoms with van der Waals surface area (Å²) in [4.78, 5) is 14.1. The van der Waals surface area contributed by atoms with E-state index in [1.54, 1.807) is 6.92 Å². The van der Waals surface area contributed by atoms with Crippen molar-refractivity contribution in [1.82, 2.24) is 0 Å². The first-order valence-corrected chi connectivity index (χ1v) is 10.2. The molecule has 29 heavy (non-hydrogen) atoms. The summed E-state index contributed by atoms with van der Waals surface area (Å²) in [6, 6.07) is 15.4. The molecule has 0 spiro atoms. The number of nitrogens with zero attached hydrogens (tertiary/aromatic N) is 1. The molecule has 1 amide bonds. The van der Waals surface area contributed by atoms with Crippen LogP contribution in [0.25, 0.3) is 0 Å². The maximum atomic E-state index is 14.4. The molecule has 0 aromatic heterocycles. The van der Waals surface area contributed by atoms with Gasteiger partial charge >= 0.3 is 0 Å². The lowest BCUT2D eigenvalue weighted by atomic mass is 9.92. The molecule has 3 rings (SSSR count). The molecule has 1 fully saturated rings. The van der Waals surface area contributed by atoms with E-state index in [2.05, 4.69) is 10.2 Å². The van der Waals surface area contributed by atoms with Crippen LogP contribution in [0.1, 0.15) is 45.6 Å². The van der Waals surface area contributed by atoms with Gasteiger partial charge in [0.2, 0.25) is 5.91 Å². The van der Waals surface area contributed by atoms with Crippen molar-refractivity contribution in [2.24, 2.45) is 5.41 Å². The van der Waals surface area contributed by atoms with Gasteiger partial charge in [0.25, 0.3) is 0 Å². The molecule has 2 aromatic carbocycles. The zero-order valence-electron chi connectivity index (χ0n) is 17.9. The fourth-order valence-corrected chi connectivity index (χ4v) is 3.24. The van der Waals surface area contributed by atoms with Crippen LogP contribution in [0.4, 0.5) is 15.8 Å². The number of aryl methyl sites for hydroxylation is 1. The van der Waals surface area contributed by atoms with Crippen LogP contribution in [0.2, 0.25) is 0 Å². The number of anilines is 2. The van der Waals surface area contributed by atoms with Gasteiger partial charge in [-0.25, -0.2) is 4.39 Å². The van der Waals surface area contributed by atoms with Crippen molar-refractivity contribution in [3.63, 3.8) is 0 Å². The van der Waals surface area contributed by atoms with Gasteiger partial charge in [0.1, 0.15) is 5.82 Å². The Kier molecular flexibility index (Phi) is 8.21. The lowest BCUT2D eigenvalue weighted by Crippen LogP contribution is -2.35. The Labute approximate surface area is 173 Å². The van der Waals surface area contributed by atoms with Crippen molar-refractivity contribution < 1.29 is 14.3 Å². The first-order chi connectivity index (χ1) is 13.7. The van der Waals surface area contributed by atoms with Gasteiger partial charge in [-0.05, 0) is 42.9 Å². The summed E-state index contributed by atoms with van der Waals surface area (Å²) in [5, 5.41) is 12.3. The molecule has 1 saturated heterocycles. The molecule has 0 atom stereocenters.